The molecule has 29 heavy (non-hydrogen) atoms. The fourth-order valence-electron chi connectivity index (χ4n) is 3.49. The van der Waals surface area contributed by atoms with Gasteiger partial charge in [-0.2, -0.15) is 0 Å². The normalized spacial score (nSPS) is 17.1. The van der Waals surface area contributed by atoms with Crippen molar-refractivity contribution in [1.29, 1.82) is 0 Å². The predicted molar refractivity (Wildman–Crippen MR) is 114 cm³/mol. The average Bonchev–Trinajstić information content (AvgIpc) is 2.68. The first-order chi connectivity index (χ1) is 13.7. The third-order valence-electron chi connectivity index (χ3n) is 5.18. The third kappa shape index (κ3) is 5.87. The van der Waals surface area contributed by atoms with Crippen LogP contribution in [0.3, 0.4) is 0 Å². The SMILES string of the molecule is C[C@H](NC(=O)C1CCN(S(=O)(=O)Cc2cccc(Br)c2)CC1)c1ccc(F)cc1. The van der Waals surface area contributed by atoms with E-state index >= 15 is 0 Å². The molecule has 1 aliphatic heterocycles. The Morgan fingerprint density at radius 1 is 1.21 bits per heavy atom. The van der Waals surface area contributed by atoms with Crippen molar-refractivity contribution < 1.29 is 17.6 Å². The molecule has 8 heteroatoms. The van der Waals surface area contributed by atoms with Gasteiger partial charge in [0, 0.05) is 23.5 Å². The quantitative estimate of drug-likeness (QED) is 0.676. The maximum Gasteiger partial charge on any atom is 0.223 e. The highest BCUT2D eigenvalue weighted by Gasteiger charge is 2.31. The zero-order chi connectivity index (χ0) is 21.0. The fraction of sp³-hybridized carbons (Fsp3) is 0.381. The van der Waals surface area contributed by atoms with Crippen LogP contribution in [0.2, 0.25) is 0 Å². The molecule has 156 valence electrons. The monoisotopic (exact) mass is 482 g/mol. The minimum absolute atomic E-state index is 0.0507. The number of piperidine rings is 1. The average molecular weight is 483 g/mol. The smallest absolute Gasteiger partial charge is 0.223 e. The first kappa shape index (κ1) is 21.9. The number of hydrogen-bond acceptors (Lipinski definition) is 3. The molecule has 0 bridgehead atoms. The number of amides is 1. The Labute approximate surface area is 179 Å². The van der Waals surface area contributed by atoms with Gasteiger partial charge in [-0.1, -0.05) is 40.2 Å². The van der Waals surface area contributed by atoms with Gasteiger partial charge in [0.15, 0.2) is 0 Å². The molecule has 1 aliphatic rings. The van der Waals surface area contributed by atoms with Crippen LogP contribution >= 0.6 is 15.9 Å². The summed E-state index contributed by atoms with van der Waals surface area (Å²) in [6.45, 7) is 2.52. The Bertz CT molecular complexity index is 958. The van der Waals surface area contributed by atoms with Crippen molar-refractivity contribution in [3.05, 3.63) is 69.9 Å². The zero-order valence-electron chi connectivity index (χ0n) is 16.1. The molecule has 5 nitrogen and oxygen atoms in total. The van der Waals surface area contributed by atoms with Crippen LogP contribution in [0.15, 0.2) is 53.0 Å². The Balaban J connectivity index is 1.54. The van der Waals surface area contributed by atoms with Crippen LogP contribution in [-0.2, 0) is 20.6 Å². The number of benzene rings is 2. The minimum Gasteiger partial charge on any atom is -0.349 e. The summed E-state index contributed by atoms with van der Waals surface area (Å²) < 4.78 is 40.8. The number of nitrogens with one attached hydrogen (secondary N) is 1. The zero-order valence-corrected chi connectivity index (χ0v) is 18.5. The maximum absolute atomic E-state index is 13.1. The maximum atomic E-state index is 13.1. The Morgan fingerprint density at radius 3 is 2.48 bits per heavy atom. The molecule has 0 aliphatic carbocycles. The second-order valence-corrected chi connectivity index (χ2v) is 10.2. The lowest BCUT2D eigenvalue weighted by Gasteiger charge is -2.31. The largest absolute Gasteiger partial charge is 0.349 e. The van der Waals surface area contributed by atoms with Crippen LogP contribution in [0.25, 0.3) is 0 Å². The molecular weight excluding hydrogens is 459 g/mol. The number of rotatable bonds is 6. The highest BCUT2D eigenvalue weighted by Crippen LogP contribution is 2.24. The second kappa shape index (κ2) is 9.36. The molecule has 1 fully saturated rings. The van der Waals surface area contributed by atoms with Crippen LogP contribution in [0.5, 0.6) is 0 Å². The lowest BCUT2D eigenvalue weighted by molar-refractivity contribution is -0.126. The van der Waals surface area contributed by atoms with Gasteiger partial charge in [-0.05, 0) is 55.2 Å². The van der Waals surface area contributed by atoms with Crippen LogP contribution < -0.4 is 5.32 Å². The molecule has 0 aromatic heterocycles. The Hall–Kier alpha value is -1.77. The van der Waals surface area contributed by atoms with E-state index in [1.807, 2.05) is 19.1 Å². The van der Waals surface area contributed by atoms with Crippen LogP contribution in [0, 0.1) is 11.7 Å². The van der Waals surface area contributed by atoms with E-state index in [1.165, 1.54) is 16.4 Å². The van der Waals surface area contributed by atoms with Gasteiger partial charge in [0.25, 0.3) is 0 Å². The number of halogens is 2. The van der Waals surface area contributed by atoms with E-state index in [2.05, 4.69) is 21.2 Å². The van der Waals surface area contributed by atoms with Gasteiger partial charge in [0.1, 0.15) is 5.82 Å². The van der Waals surface area contributed by atoms with E-state index in [-0.39, 0.29) is 29.4 Å². The molecule has 1 heterocycles. The molecule has 2 aromatic carbocycles. The Kier molecular flexibility index (Phi) is 7.08. The molecule has 0 spiro atoms. The van der Waals surface area contributed by atoms with Gasteiger partial charge in [-0.25, -0.2) is 17.1 Å². The summed E-state index contributed by atoms with van der Waals surface area (Å²) in [6, 6.07) is 13.1. The summed E-state index contributed by atoms with van der Waals surface area (Å²) in [5.41, 5.74) is 1.56. The van der Waals surface area contributed by atoms with Crippen molar-refractivity contribution in [2.45, 2.75) is 31.6 Å². The van der Waals surface area contributed by atoms with E-state index in [9.17, 15) is 17.6 Å². The molecule has 3 rings (SSSR count). The summed E-state index contributed by atoms with van der Waals surface area (Å²) in [4.78, 5) is 12.6. The topological polar surface area (TPSA) is 66.5 Å². The lowest BCUT2D eigenvalue weighted by atomic mass is 9.96. The third-order valence-corrected chi connectivity index (χ3v) is 7.53. The summed E-state index contributed by atoms with van der Waals surface area (Å²) >= 11 is 3.36. The fourth-order valence-corrected chi connectivity index (χ4v) is 5.49. The van der Waals surface area contributed by atoms with Crippen LogP contribution in [0.1, 0.15) is 36.9 Å². The molecule has 0 saturated carbocycles. The number of sulfonamides is 1. The van der Waals surface area contributed by atoms with Gasteiger partial charge in [-0.15, -0.1) is 0 Å². The molecule has 1 amide bonds. The van der Waals surface area contributed by atoms with Crippen molar-refractivity contribution in [2.75, 3.05) is 13.1 Å². The number of nitrogens with zero attached hydrogens (tertiary/aromatic N) is 1. The first-order valence-corrected chi connectivity index (χ1v) is 11.9. The lowest BCUT2D eigenvalue weighted by Crippen LogP contribution is -2.43. The predicted octanol–water partition coefficient (Wildman–Crippen LogP) is 4.01. The van der Waals surface area contributed by atoms with Crippen molar-refractivity contribution in [3.63, 3.8) is 0 Å². The van der Waals surface area contributed by atoms with E-state index in [0.29, 0.717) is 25.9 Å². The van der Waals surface area contributed by atoms with Crippen molar-refractivity contribution >= 4 is 31.9 Å². The number of hydrogen-bond donors (Lipinski definition) is 1. The Morgan fingerprint density at radius 2 is 1.86 bits per heavy atom. The van der Waals surface area contributed by atoms with Crippen LogP contribution in [0.4, 0.5) is 4.39 Å². The van der Waals surface area contributed by atoms with E-state index < -0.39 is 10.0 Å². The first-order valence-electron chi connectivity index (χ1n) is 9.53. The standard InChI is InChI=1S/C21H24BrFN2O3S/c1-15(17-5-7-20(23)8-6-17)24-21(26)18-9-11-25(12-10-18)29(27,28)14-16-3-2-4-19(22)13-16/h2-8,13,15,18H,9-12,14H2,1H3,(H,24,26)/t15-/m0/s1. The van der Waals surface area contributed by atoms with Gasteiger partial charge in [-0.3, -0.25) is 4.79 Å². The molecule has 1 N–H and O–H groups in total. The van der Waals surface area contributed by atoms with Crippen molar-refractivity contribution in [2.24, 2.45) is 5.92 Å². The number of carbonyl (C=O) groups is 1. The molecule has 2 aromatic rings. The number of carbonyl (C=O) groups excluding carboxylic acids is 1. The minimum atomic E-state index is -3.43. The van der Waals surface area contributed by atoms with Crippen LogP contribution in [-0.4, -0.2) is 31.7 Å². The summed E-state index contributed by atoms with van der Waals surface area (Å²) in [5.74, 6) is -0.685. The summed E-state index contributed by atoms with van der Waals surface area (Å²) in [5, 5.41) is 2.95. The molecule has 1 saturated heterocycles. The molecule has 1 atom stereocenters. The molecular formula is C21H24BrFN2O3S. The molecule has 0 unspecified atom stereocenters. The van der Waals surface area contributed by atoms with Crippen molar-refractivity contribution in [3.8, 4) is 0 Å². The summed E-state index contributed by atoms with van der Waals surface area (Å²) in [6.07, 6.45) is 0.972. The van der Waals surface area contributed by atoms with Gasteiger partial charge in [0.05, 0.1) is 11.8 Å². The van der Waals surface area contributed by atoms with E-state index in [4.69, 9.17) is 0 Å². The summed E-state index contributed by atoms with van der Waals surface area (Å²) in [7, 11) is -3.43. The van der Waals surface area contributed by atoms with Gasteiger partial charge >= 0.3 is 0 Å². The molecule has 0 radical (unpaired) electrons. The van der Waals surface area contributed by atoms with Gasteiger partial charge in [0.2, 0.25) is 15.9 Å². The van der Waals surface area contributed by atoms with Crippen molar-refractivity contribution in [1.82, 2.24) is 9.62 Å². The van der Waals surface area contributed by atoms with E-state index in [0.717, 1.165) is 15.6 Å². The highest BCUT2D eigenvalue weighted by molar-refractivity contribution is 9.10. The van der Waals surface area contributed by atoms with E-state index in [1.54, 1.807) is 24.3 Å². The van der Waals surface area contributed by atoms with Gasteiger partial charge < -0.3 is 5.32 Å². The second-order valence-electron chi connectivity index (χ2n) is 7.34. The highest BCUT2D eigenvalue weighted by atomic mass is 79.9.